The lowest BCUT2D eigenvalue weighted by Gasteiger charge is -2.21. The zero-order valence-electron chi connectivity index (χ0n) is 15.6. The van der Waals surface area contributed by atoms with Crippen LogP contribution in [0.25, 0.3) is 0 Å². The first kappa shape index (κ1) is 20.4. The van der Waals surface area contributed by atoms with Gasteiger partial charge in [0.15, 0.2) is 5.76 Å². The van der Waals surface area contributed by atoms with Crippen LogP contribution >= 0.6 is 22.9 Å². The van der Waals surface area contributed by atoms with Crippen LogP contribution in [0.4, 0.5) is 5.69 Å². The van der Waals surface area contributed by atoms with Gasteiger partial charge in [0, 0.05) is 15.6 Å². The number of anilines is 1. The maximum atomic E-state index is 13.2. The number of halogens is 1. The van der Waals surface area contributed by atoms with E-state index in [1.807, 2.05) is 17.5 Å². The van der Waals surface area contributed by atoms with Crippen molar-refractivity contribution in [2.45, 2.75) is 16.5 Å². The Labute approximate surface area is 183 Å². The van der Waals surface area contributed by atoms with Gasteiger partial charge in [-0.15, -0.1) is 11.3 Å². The molecule has 30 heavy (non-hydrogen) atoms. The fourth-order valence-corrected chi connectivity index (χ4v) is 4.90. The molecular weight excluding hydrogens is 442 g/mol. The summed E-state index contributed by atoms with van der Waals surface area (Å²) in [4.78, 5) is 15.8. The van der Waals surface area contributed by atoms with Gasteiger partial charge < -0.3 is 9.32 Å². The molecule has 4 rings (SSSR count). The second-order valence-corrected chi connectivity index (χ2v) is 9.73. The highest BCUT2D eigenvalue weighted by Crippen LogP contribution is 2.27. The number of hydrogen-bond donors (Lipinski definition) is 0. The number of carbonyl (C=O) groups is 1. The van der Waals surface area contributed by atoms with Gasteiger partial charge >= 0.3 is 0 Å². The number of nitrogens with zero attached hydrogens (tertiary/aromatic N) is 1. The number of rotatable bonds is 6. The summed E-state index contributed by atoms with van der Waals surface area (Å²) in [5.41, 5.74) is 0.627. The lowest BCUT2D eigenvalue weighted by Crippen LogP contribution is -2.29. The second-order valence-electron chi connectivity index (χ2n) is 6.38. The second kappa shape index (κ2) is 8.47. The van der Waals surface area contributed by atoms with Crippen LogP contribution in [0.15, 0.2) is 98.6 Å². The standard InChI is InChI=1S/C22H16ClNO4S2/c23-16-8-10-17(11-9-16)24(15-18-5-4-14-29-18)22(25)20-12-13-21(28-20)30(26,27)19-6-2-1-3-7-19/h1-14H,15H2. The SMILES string of the molecule is O=C(c1ccc(S(=O)(=O)c2ccccc2)o1)N(Cc1cccs1)c1ccc(Cl)cc1. The van der Waals surface area contributed by atoms with Crippen molar-refractivity contribution in [3.05, 3.63) is 99.9 Å². The highest BCUT2D eigenvalue weighted by Gasteiger charge is 2.26. The van der Waals surface area contributed by atoms with Gasteiger partial charge in [-0.2, -0.15) is 0 Å². The zero-order chi connectivity index (χ0) is 21.1. The monoisotopic (exact) mass is 457 g/mol. The summed E-state index contributed by atoms with van der Waals surface area (Å²) < 4.78 is 31.1. The fraction of sp³-hybridized carbons (Fsp3) is 0.0455. The maximum Gasteiger partial charge on any atom is 0.294 e. The van der Waals surface area contributed by atoms with Crippen molar-refractivity contribution < 1.29 is 17.6 Å². The first-order valence-corrected chi connectivity index (χ1v) is 11.7. The molecule has 0 radical (unpaired) electrons. The molecule has 2 heterocycles. The number of amides is 1. The minimum Gasteiger partial charge on any atom is -0.439 e. The first-order chi connectivity index (χ1) is 14.4. The average Bonchev–Trinajstić information content (AvgIpc) is 3.45. The molecule has 0 bridgehead atoms. The molecule has 152 valence electrons. The van der Waals surface area contributed by atoms with E-state index in [9.17, 15) is 13.2 Å². The molecule has 0 saturated heterocycles. The lowest BCUT2D eigenvalue weighted by atomic mass is 10.2. The molecule has 0 unspecified atom stereocenters. The smallest absolute Gasteiger partial charge is 0.294 e. The average molecular weight is 458 g/mol. The van der Waals surface area contributed by atoms with Crippen molar-refractivity contribution in [2.24, 2.45) is 0 Å². The van der Waals surface area contributed by atoms with Gasteiger partial charge in [0.1, 0.15) is 0 Å². The van der Waals surface area contributed by atoms with Crippen LogP contribution in [0, 0.1) is 0 Å². The third-order valence-electron chi connectivity index (χ3n) is 4.39. The molecular formula is C22H16ClNO4S2. The summed E-state index contributed by atoms with van der Waals surface area (Å²) in [6.07, 6.45) is 0. The Bertz CT molecular complexity index is 1250. The topological polar surface area (TPSA) is 67.6 Å². The number of thiophene rings is 1. The van der Waals surface area contributed by atoms with Crippen LogP contribution in [0.2, 0.25) is 5.02 Å². The highest BCUT2D eigenvalue weighted by molar-refractivity contribution is 7.91. The van der Waals surface area contributed by atoms with Gasteiger partial charge in [-0.3, -0.25) is 4.79 Å². The molecule has 0 N–H and O–H groups in total. The van der Waals surface area contributed by atoms with E-state index in [1.54, 1.807) is 42.5 Å². The zero-order valence-corrected chi connectivity index (χ0v) is 18.0. The molecule has 2 aromatic heterocycles. The molecule has 0 aliphatic heterocycles. The lowest BCUT2D eigenvalue weighted by molar-refractivity contribution is 0.0953. The van der Waals surface area contributed by atoms with Gasteiger partial charge in [0.25, 0.3) is 5.91 Å². The number of furan rings is 1. The van der Waals surface area contributed by atoms with Gasteiger partial charge in [-0.1, -0.05) is 35.9 Å². The molecule has 0 aliphatic rings. The summed E-state index contributed by atoms with van der Waals surface area (Å²) in [7, 11) is -3.85. The molecule has 0 fully saturated rings. The Kier molecular flexibility index (Phi) is 5.76. The minimum atomic E-state index is -3.85. The Morgan fingerprint density at radius 1 is 0.933 bits per heavy atom. The Morgan fingerprint density at radius 2 is 1.67 bits per heavy atom. The number of carbonyl (C=O) groups excluding carboxylic acids is 1. The fourth-order valence-electron chi connectivity index (χ4n) is 2.89. The predicted octanol–water partition coefficient (Wildman–Crippen LogP) is 5.67. The van der Waals surface area contributed by atoms with Crippen LogP contribution in [-0.4, -0.2) is 14.3 Å². The summed E-state index contributed by atoms with van der Waals surface area (Å²) in [5, 5.41) is 2.21. The van der Waals surface area contributed by atoms with Crippen LogP contribution in [-0.2, 0) is 16.4 Å². The highest BCUT2D eigenvalue weighted by atomic mass is 35.5. The van der Waals surface area contributed by atoms with Crippen LogP contribution in [0.1, 0.15) is 15.4 Å². The number of hydrogen-bond acceptors (Lipinski definition) is 5. The van der Waals surface area contributed by atoms with E-state index in [2.05, 4.69) is 0 Å². The van der Waals surface area contributed by atoms with Crippen LogP contribution in [0.5, 0.6) is 0 Å². The Hall–Kier alpha value is -2.87. The van der Waals surface area contributed by atoms with Crippen molar-refractivity contribution in [2.75, 3.05) is 4.90 Å². The molecule has 4 aromatic rings. The van der Waals surface area contributed by atoms with Gasteiger partial charge in [0.2, 0.25) is 14.9 Å². The number of sulfone groups is 1. The quantitative estimate of drug-likeness (QED) is 0.374. The Morgan fingerprint density at radius 3 is 2.33 bits per heavy atom. The van der Waals surface area contributed by atoms with Crippen molar-refractivity contribution in [3.63, 3.8) is 0 Å². The first-order valence-electron chi connectivity index (χ1n) is 8.95. The Balaban J connectivity index is 1.68. The van der Waals surface area contributed by atoms with Crippen molar-refractivity contribution >= 4 is 44.4 Å². The minimum absolute atomic E-state index is 0.0592. The molecule has 5 nitrogen and oxygen atoms in total. The molecule has 0 atom stereocenters. The van der Waals surface area contributed by atoms with Crippen molar-refractivity contribution in [3.8, 4) is 0 Å². The predicted molar refractivity (Wildman–Crippen MR) is 117 cm³/mol. The van der Waals surface area contributed by atoms with Crippen LogP contribution in [0.3, 0.4) is 0 Å². The van der Waals surface area contributed by atoms with Crippen molar-refractivity contribution in [1.29, 1.82) is 0 Å². The summed E-state index contributed by atoms with van der Waals surface area (Å²) in [6, 6.07) is 21.3. The molecule has 1 amide bonds. The van der Waals surface area contributed by atoms with Gasteiger partial charge in [-0.05, 0) is 60.0 Å². The summed E-state index contributed by atoms with van der Waals surface area (Å²) in [6.45, 7) is 0.319. The molecule has 0 aliphatic carbocycles. The third-order valence-corrected chi connectivity index (χ3v) is 7.14. The summed E-state index contributed by atoms with van der Waals surface area (Å²) in [5.74, 6) is -0.503. The van der Waals surface area contributed by atoms with E-state index < -0.39 is 15.7 Å². The molecule has 2 aromatic carbocycles. The molecule has 0 saturated carbocycles. The van der Waals surface area contributed by atoms with E-state index in [0.29, 0.717) is 17.3 Å². The normalized spacial score (nSPS) is 11.4. The van der Waals surface area contributed by atoms with E-state index in [4.69, 9.17) is 16.0 Å². The number of benzene rings is 2. The third kappa shape index (κ3) is 4.18. The van der Waals surface area contributed by atoms with E-state index in [-0.39, 0.29) is 15.7 Å². The van der Waals surface area contributed by atoms with Crippen molar-refractivity contribution in [1.82, 2.24) is 0 Å². The van der Waals surface area contributed by atoms with E-state index in [0.717, 1.165) is 4.88 Å². The van der Waals surface area contributed by atoms with Crippen LogP contribution < -0.4 is 4.90 Å². The van der Waals surface area contributed by atoms with E-state index in [1.165, 1.54) is 40.5 Å². The molecule has 8 heteroatoms. The van der Waals surface area contributed by atoms with E-state index >= 15 is 0 Å². The largest absolute Gasteiger partial charge is 0.439 e. The maximum absolute atomic E-state index is 13.2. The van der Waals surface area contributed by atoms with Gasteiger partial charge in [0.05, 0.1) is 11.4 Å². The van der Waals surface area contributed by atoms with Gasteiger partial charge in [-0.25, -0.2) is 8.42 Å². The summed E-state index contributed by atoms with van der Waals surface area (Å²) >= 11 is 7.50. The molecule has 0 spiro atoms.